The molecule has 1 aliphatic heterocycles. The second-order valence-electron chi connectivity index (χ2n) is 4.21. The molecule has 0 N–H and O–H groups in total. The Labute approximate surface area is 114 Å². The van der Waals surface area contributed by atoms with Gasteiger partial charge in [0.25, 0.3) is 0 Å². The number of hydroxylamine groups is 2. The molecule has 0 aromatic heterocycles. The zero-order chi connectivity index (χ0) is 13.7. The first-order chi connectivity index (χ1) is 9.16. The summed E-state index contributed by atoms with van der Waals surface area (Å²) in [6, 6.07) is 3.74. The molecule has 1 fully saturated rings. The quantitative estimate of drug-likeness (QED) is 0.797. The Bertz CT molecular complexity index is 450. The van der Waals surface area contributed by atoms with E-state index in [1.165, 1.54) is 22.9 Å². The molecular formula is C13H15F2NO2S. The lowest BCUT2D eigenvalue weighted by molar-refractivity contribution is -0.196. The lowest BCUT2D eigenvalue weighted by Gasteiger charge is -2.25. The summed E-state index contributed by atoms with van der Waals surface area (Å²) in [6.45, 7) is 1.22. The number of thioether (sulfide) groups is 1. The van der Waals surface area contributed by atoms with Crippen molar-refractivity contribution in [3.63, 3.8) is 0 Å². The van der Waals surface area contributed by atoms with Crippen molar-refractivity contribution in [2.45, 2.75) is 24.2 Å². The van der Waals surface area contributed by atoms with Crippen LogP contribution >= 0.6 is 11.8 Å². The minimum Gasteiger partial charge on any atom is -0.273 e. The molecule has 1 aliphatic rings. The van der Waals surface area contributed by atoms with Gasteiger partial charge in [-0.05, 0) is 31.0 Å². The third-order valence-corrected chi connectivity index (χ3v) is 3.75. The first kappa shape index (κ1) is 14.3. The zero-order valence-electron chi connectivity index (χ0n) is 10.4. The molecule has 3 nitrogen and oxygen atoms in total. The van der Waals surface area contributed by atoms with Crippen LogP contribution in [0.1, 0.15) is 19.3 Å². The van der Waals surface area contributed by atoms with Crippen LogP contribution in [0.2, 0.25) is 0 Å². The Balaban J connectivity index is 1.76. The highest BCUT2D eigenvalue weighted by Crippen LogP contribution is 2.21. The number of carbonyl (C=O) groups is 1. The van der Waals surface area contributed by atoms with Crippen LogP contribution in [0, 0.1) is 11.6 Å². The Morgan fingerprint density at radius 2 is 2.16 bits per heavy atom. The van der Waals surface area contributed by atoms with Gasteiger partial charge in [0.15, 0.2) is 11.6 Å². The van der Waals surface area contributed by atoms with E-state index in [2.05, 4.69) is 0 Å². The number of halogens is 2. The van der Waals surface area contributed by atoms with Gasteiger partial charge in [0.2, 0.25) is 5.91 Å². The molecule has 1 aromatic rings. The second-order valence-corrected chi connectivity index (χ2v) is 5.38. The fourth-order valence-corrected chi connectivity index (χ4v) is 2.60. The lowest BCUT2D eigenvalue weighted by Crippen LogP contribution is -2.35. The zero-order valence-corrected chi connectivity index (χ0v) is 11.2. The molecule has 1 saturated heterocycles. The molecule has 0 unspecified atom stereocenters. The van der Waals surface area contributed by atoms with E-state index < -0.39 is 11.6 Å². The molecule has 1 heterocycles. The van der Waals surface area contributed by atoms with E-state index in [0.29, 0.717) is 30.2 Å². The molecule has 0 bridgehead atoms. The van der Waals surface area contributed by atoms with Crippen LogP contribution in [0.3, 0.4) is 0 Å². The number of benzene rings is 1. The fourth-order valence-electron chi connectivity index (χ4n) is 1.74. The highest BCUT2D eigenvalue weighted by Gasteiger charge is 2.17. The standard InChI is InChI=1S/C13H15F2NO2S/c14-11-4-3-10(9-12(11)15)19-8-5-13(17)16-6-1-2-7-18-16/h3-4,9H,1-2,5-8H2. The molecule has 1 aromatic carbocycles. The number of hydrogen-bond donors (Lipinski definition) is 0. The molecular weight excluding hydrogens is 272 g/mol. The van der Waals surface area contributed by atoms with Gasteiger partial charge in [-0.15, -0.1) is 11.8 Å². The van der Waals surface area contributed by atoms with E-state index in [4.69, 9.17) is 4.84 Å². The Hall–Kier alpha value is -1.14. The van der Waals surface area contributed by atoms with E-state index in [1.807, 2.05) is 0 Å². The Morgan fingerprint density at radius 1 is 1.32 bits per heavy atom. The van der Waals surface area contributed by atoms with Crippen molar-refractivity contribution in [3.05, 3.63) is 29.8 Å². The van der Waals surface area contributed by atoms with Crippen molar-refractivity contribution in [2.75, 3.05) is 18.9 Å². The van der Waals surface area contributed by atoms with Crippen molar-refractivity contribution in [3.8, 4) is 0 Å². The summed E-state index contributed by atoms with van der Waals surface area (Å²) < 4.78 is 25.7. The topological polar surface area (TPSA) is 29.5 Å². The molecule has 0 aliphatic carbocycles. The summed E-state index contributed by atoms with van der Waals surface area (Å²) >= 11 is 1.33. The van der Waals surface area contributed by atoms with E-state index in [0.717, 1.165) is 25.0 Å². The first-order valence-electron chi connectivity index (χ1n) is 6.18. The molecule has 0 atom stereocenters. The molecule has 6 heteroatoms. The monoisotopic (exact) mass is 287 g/mol. The summed E-state index contributed by atoms with van der Waals surface area (Å²) in [6.07, 6.45) is 2.26. The van der Waals surface area contributed by atoms with Gasteiger partial charge in [-0.2, -0.15) is 0 Å². The maximum absolute atomic E-state index is 13.0. The molecule has 0 radical (unpaired) electrons. The smallest absolute Gasteiger partial charge is 0.246 e. The van der Waals surface area contributed by atoms with E-state index in [-0.39, 0.29) is 5.91 Å². The fraction of sp³-hybridized carbons (Fsp3) is 0.462. The van der Waals surface area contributed by atoms with Gasteiger partial charge >= 0.3 is 0 Å². The van der Waals surface area contributed by atoms with Crippen LogP contribution in [-0.4, -0.2) is 29.9 Å². The highest BCUT2D eigenvalue weighted by atomic mass is 32.2. The summed E-state index contributed by atoms with van der Waals surface area (Å²) in [7, 11) is 0. The van der Waals surface area contributed by atoms with Crippen LogP contribution in [0.4, 0.5) is 8.78 Å². The number of hydrogen-bond acceptors (Lipinski definition) is 3. The van der Waals surface area contributed by atoms with Gasteiger partial charge in [0.05, 0.1) is 6.61 Å². The molecule has 1 amide bonds. The predicted molar refractivity (Wildman–Crippen MR) is 68.6 cm³/mol. The third-order valence-electron chi connectivity index (χ3n) is 2.76. The van der Waals surface area contributed by atoms with Crippen LogP contribution in [0.25, 0.3) is 0 Å². The molecule has 0 spiro atoms. The van der Waals surface area contributed by atoms with Gasteiger partial charge in [0, 0.05) is 23.6 Å². The normalized spacial score (nSPS) is 15.6. The third kappa shape index (κ3) is 4.18. The van der Waals surface area contributed by atoms with Crippen LogP contribution < -0.4 is 0 Å². The molecule has 104 valence electrons. The van der Waals surface area contributed by atoms with Gasteiger partial charge in [-0.25, -0.2) is 13.8 Å². The number of amides is 1. The predicted octanol–water partition coefficient (Wildman–Crippen LogP) is 3.00. The SMILES string of the molecule is O=C(CCSc1ccc(F)c(F)c1)N1CCCCO1. The summed E-state index contributed by atoms with van der Waals surface area (Å²) in [5, 5.41) is 1.40. The van der Waals surface area contributed by atoms with Gasteiger partial charge < -0.3 is 0 Å². The summed E-state index contributed by atoms with van der Waals surface area (Å²) in [5.41, 5.74) is 0. The second kappa shape index (κ2) is 6.86. The average molecular weight is 287 g/mol. The molecule has 2 rings (SSSR count). The largest absolute Gasteiger partial charge is 0.273 e. The van der Waals surface area contributed by atoms with Gasteiger partial charge in [-0.3, -0.25) is 9.63 Å². The minimum absolute atomic E-state index is 0.0604. The highest BCUT2D eigenvalue weighted by molar-refractivity contribution is 7.99. The summed E-state index contributed by atoms with van der Waals surface area (Å²) in [4.78, 5) is 17.6. The molecule has 19 heavy (non-hydrogen) atoms. The van der Waals surface area contributed by atoms with Gasteiger partial charge in [-0.1, -0.05) is 0 Å². The number of carbonyl (C=O) groups excluding carboxylic acids is 1. The van der Waals surface area contributed by atoms with Crippen LogP contribution in [0.5, 0.6) is 0 Å². The van der Waals surface area contributed by atoms with Crippen molar-refractivity contribution in [1.82, 2.24) is 5.06 Å². The summed E-state index contributed by atoms with van der Waals surface area (Å²) in [5.74, 6) is -1.27. The van der Waals surface area contributed by atoms with Crippen molar-refractivity contribution in [2.24, 2.45) is 0 Å². The maximum atomic E-state index is 13.0. The number of rotatable bonds is 4. The van der Waals surface area contributed by atoms with Crippen LogP contribution in [0.15, 0.2) is 23.1 Å². The van der Waals surface area contributed by atoms with E-state index in [1.54, 1.807) is 0 Å². The first-order valence-corrected chi connectivity index (χ1v) is 7.16. The lowest BCUT2D eigenvalue weighted by atomic mass is 10.3. The van der Waals surface area contributed by atoms with Crippen molar-refractivity contribution in [1.29, 1.82) is 0 Å². The minimum atomic E-state index is -0.865. The average Bonchev–Trinajstić information content (AvgIpc) is 2.43. The van der Waals surface area contributed by atoms with Crippen LogP contribution in [-0.2, 0) is 9.63 Å². The number of nitrogens with zero attached hydrogens (tertiary/aromatic N) is 1. The van der Waals surface area contributed by atoms with Crippen molar-refractivity contribution >= 4 is 17.7 Å². The Kier molecular flexibility index (Phi) is 5.15. The maximum Gasteiger partial charge on any atom is 0.246 e. The van der Waals surface area contributed by atoms with Crippen molar-refractivity contribution < 1.29 is 18.4 Å². The Morgan fingerprint density at radius 3 is 2.84 bits per heavy atom. The van der Waals surface area contributed by atoms with E-state index >= 15 is 0 Å². The molecule has 0 saturated carbocycles. The van der Waals surface area contributed by atoms with Gasteiger partial charge in [0.1, 0.15) is 0 Å². The van der Waals surface area contributed by atoms with E-state index in [9.17, 15) is 13.6 Å².